The quantitative estimate of drug-likeness (QED) is 0.176. The maximum Gasteiger partial charge on any atom is 0.352 e. The largest absolute Gasteiger partial charge is 0.493 e. The SMILES string of the molecule is Cc1c2c(nn1CCCO)COCCCCn1c(C(=O)O)c(CCCOc3cccc4ccccc34)c3ccc(Cl)c-2c31. The lowest BCUT2D eigenvalue weighted by atomic mass is 9.98. The van der Waals surface area contributed by atoms with E-state index in [0.717, 1.165) is 68.3 Å². The molecular formula is C34H36ClN3O5. The minimum atomic E-state index is -0.954. The molecule has 224 valence electrons. The molecule has 5 aromatic rings. The van der Waals surface area contributed by atoms with Crippen LogP contribution >= 0.6 is 11.6 Å². The molecule has 43 heavy (non-hydrogen) atoms. The summed E-state index contributed by atoms with van der Waals surface area (Å²) >= 11 is 6.97. The van der Waals surface area contributed by atoms with E-state index >= 15 is 0 Å². The van der Waals surface area contributed by atoms with Crippen molar-refractivity contribution in [3.63, 3.8) is 0 Å². The zero-order valence-corrected chi connectivity index (χ0v) is 25.1. The first-order chi connectivity index (χ1) is 21.0. The zero-order chi connectivity index (χ0) is 29.9. The van der Waals surface area contributed by atoms with Crippen LogP contribution in [0.4, 0.5) is 0 Å². The number of carboxylic acid groups (broad SMARTS) is 1. The first-order valence-corrected chi connectivity index (χ1v) is 15.3. The molecule has 2 aromatic heterocycles. The number of carbonyl (C=O) groups is 1. The van der Waals surface area contributed by atoms with Gasteiger partial charge in [0.1, 0.15) is 11.4 Å². The van der Waals surface area contributed by atoms with Gasteiger partial charge in [-0.05, 0) is 62.1 Å². The van der Waals surface area contributed by atoms with Gasteiger partial charge in [0, 0.05) is 53.9 Å². The number of rotatable bonds is 9. The lowest BCUT2D eigenvalue weighted by molar-refractivity contribution is 0.0683. The fourth-order valence-electron chi connectivity index (χ4n) is 6.32. The van der Waals surface area contributed by atoms with Gasteiger partial charge in [-0.3, -0.25) is 4.68 Å². The number of carboxylic acids is 1. The van der Waals surface area contributed by atoms with Gasteiger partial charge in [0.25, 0.3) is 0 Å². The van der Waals surface area contributed by atoms with E-state index in [4.69, 9.17) is 26.2 Å². The van der Waals surface area contributed by atoms with Gasteiger partial charge >= 0.3 is 5.97 Å². The number of halogens is 1. The maximum absolute atomic E-state index is 12.9. The molecule has 0 radical (unpaired) electrons. The third kappa shape index (κ3) is 5.62. The first kappa shape index (κ1) is 29.2. The van der Waals surface area contributed by atoms with Crippen molar-refractivity contribution in [3.8, 4) is 16.9 Å². The molecule has 0 atom stereocenters. The van der Waals surface area contributed by atoms with Gasteiger partial charge in [0.2, 0.25) is 0 Å². The van der Waals surface area contributed by atoms with Crippen molar-refractivity contribution >= 4 is 39.2 Å². The lowest BCUT2D eigenvalue weighted by Crippen LogP contribution is -2.12. The average Bonchev–Trinajstić information content (AvgIpc) is 3.48. The van der Waals surface area contributed by atoms with E-state index < -0.39 is 5.97 Å². The molecule has 0 aliphatic carbocycles. The molecule has 0 amide bonds. The zero-order valence-electron chi connectivity index (χ0n) is 24.3. The molecule has 0 saturated heterocycles. The van der Waals surface area contributed by atoms with Crippen LogP contribution in [0, 0.1) is 6.92 Å². The molecule has 3 heterocycles. The third-order valence-electron chi connectivity index (χ3n) is 8.27. The van der Waals surface area contributed by atoms with Crippen LogP contribution in [0.2, 0.25) is 5.02 Å². The van der Waals surface area contributed by atoms with Crippen LogP contribution in [0.3, 0.4) is 0 Å². The molecule has 3 aromatic carbocycles. The number of aromatic nitrogens is 3. The average molecular weight is 602 g/mol. The molecule has 6 rings (SSSR count). The number of aliphatic hydroxyl groups is 1. The van der Waals surface area contributed by atoms with Gasteiger partial charge in [0.15, 0.2) is 0 Å². The summed E-state index contributed by atoms with van der Waals surface area (Å²) in [7, 11) is 0. The monoisotopic (exact) mass is 601 g/mol. The molecule has 2 N–H and O–H groups in total. The Morgan fingerprint density at radius 3 is 2.72 bits per heavy atom. The van der Waals surface area contributed by atoms with Gasteiger partial charge in [-0.1, -0.05) is 54.1 Å². The van der Waals surface area contributed by atoms with E-state index in [9.17, 15) is 15.0 Å². The molecule has 8 nitrogen and oxygen atoms in total. The summed E-state index contributed by atoms with van der Waals surface area (Å²) in [4.78, 5) is 12.9. The number of hydrogen-bond acceptors (Lipinski definition) is 5. The number of hydrogen-bond donors (Lipinski definition) is 2. The Bertz CT molecular complexity index is 1790. The minimum absolute atomic E-state index is 0.0647. The molecule has 0 fully saturated rings. The maximum atomic E-state index is 12.9. The lowest BCUT2D eigenvalue weighted by Gasteiger charge is -2.13. The fourth-order valence-corrected chi connectivity index (χ4v) is 6.57. The van der Waals surface area contributed by atoms with Crippen molar-refractivity contribution in [2.24, 2.45) is 0 Å². The van der Waals surface area contributed by atoms with Crippen molar-refractivity contribution < 1.29 is 24.5 Å². The van der Waals surface area contributed by atoms with Gasteiger partial charge in [-0.2, -0.15) is 5.10 Å². The second-order valence-corrected chi connectivity index (χ2v) is 11.4. The van der Waals surface area contributed by atoms with E-state index in [2.05, 4.69) is 12.1 Å². The van der Waals surface area contributed by atoms with Crippen LogP contribution in [0.25, 0.3) is 32.8 Å². The highest BCUT2D eigenvalue weighted by Gasteiger charge is 2.29. The number of aliphatic hydroxyl groups excluding tert-OH is 1. The third-order valence-corrected chi connectivity index (χ3v) is 8.59. The number of benzene rings is 3. The van der Waals surface area contributed by atoms with E-state index in [1.165, 1.54) is 0 Å². The van der Waals surface area contributed by atoms with Crippen LogP contribution in [0.1, 0.15) is 53.1 Å². The summed E-state index contributed by atoms with van der Waals surface area (Å²) < 4.78 is 16.0. The molecular weight excluding hydrogens is 566 g/mol. The van der Waals surface area contributed by atoms with Crippen molar-refractivity contribution in [1.29, 1.82) is 0 Å². The fraction of sp³-hybridized carbons (Fsp3) is 0.353. The Balaban J connectivity index is 1.42. The van der Waals surface area contributed by atoms with E-state index in [-0.39, 0.29) is 6.61 Å². The molecule has 9 heteroatoms. The van der Waals surface area contributed by atoms with Crippen molar-refractivity contribution in [2.75, 3.05) is 19.8 Å². The summed E-state index contributed by atoms with van der Waals surface area (Å²) in [6, 6.07) is 18.0. The molecule has 1 aliphatic rings. The topological polar surface area (TPSA) is 98.7 Å². The van der Waals surface area contributed by atoms with Crippen molar-refractivity contribution in [2.45, 2.75) is 58.7 Å². The van der Waals surface area contributed by atoms with Crippen LogP contribution in [0.5, 0.6) is 5.75 Å². The Kier molecular flexibility index (Phi) is 8.70. The molecule has 0 bridgehead atoms. The van der Waals surface area contributed by atoms with Crippen molar-refractivity contribution in [1.82, 2.24) is 14.3 Å². The number of aryl methyl sites for hydroxylation is 3. The predicted octanol–water partition coefficient (Wildman–Crippen LogP) is 7.02. The highest BCUT2D eigenvalue weighted by atomic mass is 35.5. The highest BCUT2D eigenvalue weighted by molar-refractivity contribution is 6.35. The Labute approximate surface area is 255 Å². The predicted molar refractivity (Wildman–Crippen MR) is 168 cm³/mol. The minimum Gasteiger partial charge on any atom is -0.493 e. The summed E-state index contributed by atoms with van der Waals surface area (Å²) in [6.07, 6.45) is 3.33. The summed E-state index contributed by atoms with van der Waals surface area (Å²) in [5.41, 5.74) is 5.25. The number of ether oxygens (including phenoxy) is 2. The Morgan fingerprint density at radius 1 is 1.05 bits per heavy atom. The Morgan fingerprint density at radius 2 is 1.88 bits per heavy atom. The molecule has 0 saturated carbocycles. The molecule has 0 unspecified atom stereocenters. The molecule has 1 aliphatic heterocycles. The normalized spacial score (nSPS) is 13.7. The standard InChI is InChI=1S/C34H36ClN3O5/c1-22-30-28(36-38(22)17-8-18-39)21-42-19-5-4-16-37-32-26(14-15-27(35)31(30)32)25(33(37)34(40)41)12-7-20-43-29-13-6-10-23-9-2-3-11-24(23)29/h2-3,6,9-11,13-15,39H,4-5,7-8,12,16-21H2,1H3,(H,40,41). The Hall–Kier alpha value is -3.85. The highest BCUT2D eigenvalue weighted by Crippen LogP contribution is 2.43. The second-order valence-electron chi connectivity index (χ2n) is 11.0. The molecule has 0 spiro atoms. The van der Waals surface area contributed by atoms with E-state index in [1.807, 2.05) is 58.6 Å². The summed E-state index contributed by atoms with van der Waals surface area (Å²) in [5, 5.41) is 28.5. The number of nitrogens with zero attached hydrogens (tertiary/aromatic N) is 3. The van der Waals surface area contributed by atoms with Gasteiger partial charge < -0.3 is 24.3 Å². The van der Waals surface area contributed by atoms with Crippen molar-refractivity contribution in [3.05, 3.63) is 82.3 Å². The van der Waals surface area contributed by atoms with Crippen LogP contribution in [-0.4, -0.2) is 50.4 Å². The van der Waals surface area contributed by atoms with Gasteiger partial charge in [-0.25, -0.2) is 4.79 Å². The van der Waals surface area contributed by atoms with E-state index in [1.54, 1.807) is 0 Å². The first-order valence-electron chi connectivity index (χ1n) is 14.9. The van der Waals surface area contributed by atoms with Crippen LogP contribution in [0.15, 0.2) is 54.6 Å². The number of fused-ring (bicyclic) bond motifs is 3. The van der Waals surface area contributed by atoms with Crippen LogP contribution < -0.4 is 4.74 Å². The smallest absolute Gasteiger partial charge is 0.352 e. The number of aromatic carboxylic acids is 1. The summed E-state index contributed by atoms with van der Waals surface area (Å²) in [5.74, 6) is -0.129. The van der Waals surface area contributed by atoms with Crippen LogP contribution in [-0.2, 0) is 30.9 Å². The second kappa shape index (κ2) is 12.8. The van der Waals surface area contributed by atoms with Gasteiger partial charge in [-0.15, -0.1) is 0 Å². The van der Waals surface area contributed by atoms with Gasteiger partial charge in [0.05, 0.1) is 29.4 Å². The van der Waals surface area contributed by atoms with E-state index in [0.29, 0.717) is 62.9 Å². The summed E-state index contributed by atoms with van der Waals surface area (Å²) in [6.45, 7) is 4.50.